The molecule has 14 heavy (non-hydrogen) atoms. The van der Waals surface area contributed by atoms with Crippen molar-refractivity contribution in [3.05, 3.63) is 23.3 Å². The first-order chi connectivity index (χ1) is 6.61. The van der Waals surface area contributed by atoms with Crippen LogP contribution in [0, 0.1) is 12.8 Å². The number of aryl methyl sites for hydroxylation is 2. The fourth-order valence-corrected chi connectivity index (χ4v) is 1.31. The van der Waals surface area contributed by atoms with Crippen LogP contribution in [-0.2, 0) is 13.0 Å². The summed E-state index contributed by atoms with van der Waals surface area (Å²) < 4.78 is 0. The van der Waals surface area contributed by atoms with Gasteiger partial charge in [-0.3, -0.25) is 0 Å². The van der Waals surface area contributed by atoms with E-state index in [4.69, 9.17) is 5.11 Å². The molecule has 0 aliphatic rings. The van der Waals surface area contributed by atoms with E-state index in [-0.39, 0.29) is 6.61 Å². The molecular formula is C11H18N2O. The Balaban J connectivity index is 2.71. The van der Waals surface area contributed by atoms with Crippen LogP contribution in [0.15, 0.2) is 6.07 Å². The van der Waals surface area contributed by atoms with Crippen molar-refractivity contribution < 1.29 is 5.11 Å². The maximum absolute atomic E-state index is 8.97. The molecule has 0 saturated carbocycles. The average molecular weight is 194 g/mol. The zero-order chi connectivity index (χ0) is 10.6. The molecule has 0 unspecified atom stereocenters. The lowest BCUT2D eigenvalue weighted by molar-refractivity contribution is 0.276. The number of rotatable bonds is 4. The molecule has 1 aromatic rings. The molecule has 1 heterocycles. The standard InChI is InChI=1S/C11H18N2O/c1-8(2)4-5-11-12-9(3)6-10(7-14)13-11/h6,8,14H,4-5,7H2,1-3H3. The van der Waals surface area contributed by atoms with Gasteiger partial charge in [0.1, 0.15) is 5.82 Å². The zero-order valence-corrected chi connectivity index (χ0v) is 9.12. The summed E-state index contributed by atoms with van der Waals surface area (Å²) in [6.45, 7) is 6.29. The smallest absolute Gasteiger partial charge is 0.128 e. The van der Waals surface area contributed by atoms with Gasteiger partial charge in [-0.05, 0) is 25.3 Å². The summed E-state index contributed by atoms with van der Waals surface area (Å²) in [6.07, 6.45) is 1.99. The van der Waals surface area contributed by atoms with Gasteiger partial charge in [-0.15, -0.1) is 0 Å². The first-order valence-electron chi connectivity index (χ1n) is 5.06. The fourth-order valence-electron chi connectivity index (χ4n) is 1.31. The highest BCUT2D eigenvalue weighted by atomic mass is 16.3. The summed E-state index contributed by atoms with van der Waals surface area (Å²) in [6, 6.07) is 1.82. The summed E-state index contributed by atoms with van der Waals surface area (Å²) in [7, 11) is 0. The molecule has 0 spiro atoms. The van der Waals surface area contributed by atoms with Crippen LogP contribution in [0.25, 0.3) is 0 Å². The molecule has 3 nitrogen and oxygen atoms in total. The van der Waals surface area contributed by atoms with Crippen molar-refractivity contribution in [3.63, 3.8) is 0 Å². The minimum atomic E-state index is -0.00195. The van der Waals surface area contributed by atoms with Crippen molar-refractivity contribution in [3.8, 4) is 0 Å². The second kappa shape index (κ2) is 5.05. The molecule has 0 aromatic carbocycles. The molecule has 0 bridgehead atoms. The third-order valence-electron chi connectivity index (χ3n) is 2.06. The third-order valence-corrected chi connectivity index (χ3v) is 2.06. The second-order valence-corrected chi connectivity index (χ2v) is 4.01. The monoisotopic (exact) mass is 194 g/mol. The van der Waals surface area contributed by atoms with Gasteiger partial charge in [0.15, 0.2) is 0 Å². The van der Waals surface area contributed by atoms with Gasteiger partial charge < -0.3 is 5.11 Å². The Morgan fingerprint density at radius 1 is 1.36 bits per heavy atom. The maximum Gasteiger partial charge on any atom is 0.128 e. The molecule has 3 heteroatoms. The molecule has 1 aromatic heterocycles. The van der Waals surface area contributed by atoms with Gasteiger partial charge in [-0.25, -0.2) is 9.97 Å². The summed E-state index contributed by atoms with van der Waals surface area (Å²) >= 11 is 0. The molecule has 0 atom stereocenters. The molecule has 78 valence electrons. The quantitative estimate of drug-likeness (QED) is 0.795. The van der Waals surface area contributed by atoms with Crippen LogP contribution in [0.2, 0.25) is 0 Å². The molecule has 0 amide bonds. The van der Waals surface area contributed by atoms with E-state index in [1.54, 1.807) is 0 Å². The zero-order valence-electron chi connectivity index (χ0n) is 9.12. The van der Waals surface area contributed by atoms with Crippen LogP contribution in [-0.4, -0.2) is 15.1 Å². The largest absolute Gasteiger partial charge is 0.390 e. The number of hydrogen-bond donors (Lipinski definition) is 1. The minimum absolute atomic E-state index is 0.00195. The van der Waals surface area contributed by atoms with Crippen LogP contribution in [0.5, 0.6) is 0 Å². The van der Waals surface area contributed by atoms with Crippen molar-refractivity contribution in [2.45, 2.75) is 40.2 Å². The maximum atomic E-state index is 8.97. The van der Waals surface area contributed by atoms with Crippen molar-refractivity contribution in [2.24, 2.45) is 5.92 Å². The van der Waals surface area contributed by atoms with E-state index < -0.39 is 0 Å². The first-order valence-corrected chi connectivity index (χ1v) is 5.06. The first kappa shape index (κ1) is 11.1. The highest BCUT2D eigenvalue weighted by Crippen LogP contribution is 2.07. The van der Waals surface area contributed by atoms with E-state index in [1.807, 2.05) is 13.0 Å². The highest BCUT2D eigenvalue weighted by Gasteiger charge is 2.02. The molecular weight excluding hydrogens is 176 g/mol. The van der Waals surface area contributed by atoms with Crippen LogP contribution in [0.4, 0.5) is 0 Å². The average Bonchev–Trinajstić information content (AvgIpc) is 2.14. The van der Waals surface area contributed by atoms with Gasteiger partial charge in [-0.2, -0.15) is 0 Å². The Hall–Kier alpha value is -0.960. The second-order valence-electron chi connectivity index (χ2n) is 4.01. The molecule has 0 aliphatic heterocycles. The minimum Gasteiger partial charge on any atom is -0.390 e. The highest BCUT2D eigenvalue weighted by molar-refractivity contribution is 5.09. The lowest BCUT2D eigenvalue weighted by Gasteiger charge is -2.05. The molecule has 0 saturated heterocycles. The topological polar surface area (TPSA) is 46.0 Å². The number of hydrogen-bond acceptors (Lipinski definition) is 3. The molecule has 0 fully saturated rings. The Labute approximate surface area is 85.2 Å². The molecule has 1 rings (SSSR count). The molecule has 1 N–H and O–H groups in total. The number of aliphatic hydroxyl groups is 1. The predicted octanol–water partition coefficient (Wildman–Crippen LogP) is 1.87. The van der Waals surface area contributed by atoms with Crippen LogP contribution in [0.1, 0.15) is 37.5 Å². The SMILES string of the molecule is Cc1cc(CO)nc(CCC(C)C)n1. The predicted molar refractivity (Wildman–Crippen MR) is 55.9 cm³/mol. The Kier molecular flexibility index (Phi) is 4.01. The van der Waals surface area contributed by atoms with Gasteiger partial charge in [0.2, 0.25) is 0 Å². The van der Waals surface area contributed by atoms with Crippen LogP contribution < -0.4 is 0 Å². The summed E-state index contributed by atoms with van der Waals surface area (Å²) in [5.74, 6) is 1.51. The number of aliphatic hydroxyl groups excluding tert-OH is 1. The summed E-state index contributed by atoms with van der Waals surface area (Å²) in [4.78, 5) is 8.59. The number of nitrogens with zero attached hydrogens (tertiary/aromatic N) is 2. The van der Waals surface area contributed by atoms with Crippen LogP contribution >= 0.6 is 0 Å². The van der Waals surface area contributed by atoms with Crippen molar-refractivity contribution in [2.75, 3.05) is 0 Å². The molecule has 0 radical (unpaired) electrons. The lowest BCUT2D eigenvalue weighted by Crippen LogP contribution is -2.03. The van der Waals surface area contributed by atoms with E-state index >= 15 is 0 Å². The van der Waals surface area contributed by atoms with E-state index in [2.05, 4.69) is 23.8 Å². The molecule has 0 aliphatic carbocycles. The normalized spacial score (nSPS) is 10.9. The van der Waals surface area contributed by atoms with E-state index in [1.165, 1.54) is 0 Å². The van der Waals surface area contributed by atoms with E-state index in [0.29, 0.717) is 5.92 Å². The van der Waals surface area contributed by atoms with Gasteiger partial charge >= 0.3 is 0 Å². The fraction of sp³-hybridized carbons (Fsp3) is 0.636. The lowest BCUT2D eigenvalue weighted by atomic mass is 10.1. The van der Waals surface area contributed by atoms with Gasteiger partial charge in [0.05, 0.1) is 12.3 Å². The van der Waals surface area contributed by atoms with Crippen molar-refractivity contribution >= 4 is 0 Å². The third kappa shape index (κ3) is 3.42. The van der Waals surface area contributed by atoms with Gasteiger partial charge in [-0.1, -0.05) is 13.8 Å². The van der Waals surface area contributed by atoms with E-state index in [0.717, 1.165) is 30.1 Å². The van der Waals surface area contributed by atoms with Crippen molar-refractivity contribution in [1.82, 2.24) is 9.97 Å². The van der Waals surface area contributed by atoms with Gasteiger partial charge in [0, 0.05) is 12.1 Å². The summed E-state index contributed by atoms with van der Waals surface area (Å²) in [5, 5.41) is 8.97. The Morgan fingerprint density at radius 3 is 2.64 bits per heavy atom. The van der Waals surface area contributed by atoms with Gasteiger partial charge in [0.25, 0.3) is 0 Å². The summed E-state index contributed by atoms with van der Waals surface area (Å²) in [5.41, 5.74) is 1.65. The van der Waals surface area contributed by atoms with Crippen LogP contribution in [0.3, 0.4) is 0 Å². The number of aromatic nitrogens is 2. The van der Waals surface area contributed by atoms with Crippen molar-refractivity contribution in [1.29, 1.82) is 0 Å². The Bertz CT molecular complexity index is 297. The van der Waals surface area contributed by atoms with E-state index in [9.17, 15) is 0 Å². The Morgan fingerprint density at radius 2 is 2.07 bits per heavy atom.